The molecule has 0 saturated heterocycles. The molecule has 1 N–H and O–H groups in total. The van der Waals surface area contributed by atoms with E-state index in [0.29, 0.717) is 10.7 Å². The molecule has 6 heteroatoms. The van der Waals surface area contributed by atoms with Crippen LogP contribution in [0.4, 0.5) is 0 Å². The Labute approximate surface area is 134 Å². The Morgan fingerprint density at radius 3 is 2.68 bits per heavy atom. The SMILES string of the molecule is Cc1ccc(-n2nc(C)c(C=NNC(=O)C3CC3)c2Cl)cc1. The van der Waals surface area contributed by atoms with E-state index in [0.717, 1.165) is 24.2 Å². The number of amides is 1. The Kier molecular flexibility index (Phi) is 3.98. The topological polar surface area (TPSA) is 59.3 Å². The number of carbonyl (C=O) groups is 1. The quantitative estimate of drug-likeness (QED) is 0.696. The number of aromatic nitrogens is 2. The van der Waals surface area contributed by atoms with Crippen molar-refractivity contribution >= 4 is 23.7 Å². The number of hydrazone groups is 1. The number of hydrogen-bond acceptors (Lipinski definition) is 3. The lowest BCUT2D eigenvalue weighted by Crippen LogP contribution is -2.19. The van der Waals surface area contributed by atoms with Crippen molar-refractivity contribution in [3.63, 3.8) is 0 Å². The van der Waals surface area contributed by atoms with Crippen LogP contribution in [-0.2, 0) is 4.79 Å². The number of benzene rings is 1. The third-order valence-electron chi connectivity index (χ3n) is 3.64. The van der Waals surface area contributed by atoms with Crippen LogP contribution in [0.3, 0.4) is 0 Å². The highest BCUT2D eigenvalue weighted by molar-refractivity contribution is 6.32. The number of halogens is 1. The first-order valence-electron chi connectivity index (χ1n) is 7.21. The summed E-state index contributed by atoms with van der Waals surface area (Å²) < 4.78 is 1.67. The number of aryl methyl sites for hydroxylation is 2. The monoisotopic (exact) mass is 316 g/mol. The van der Waals surface area contributed by atoms with Crippen LogP contribution >= 0.6 is 11.6 Å². The molecule has 1 aromatic carbocycles. The fourth-order valence-electron chi connectivity index (χ4n) is 2.11. The summed E-state index contributed by atoms with van der Waals surface area (Å²) in [6.45, 7) is 3.89. The standard InChI is InChI=1S/C16H17ClN4O/c1-10-3-7-13(8-4-10)21-15(17)14(11(2)20-21)9-18-19-16(22)12-5-6-12/h3-4,7-9,12H,5-6H2,1-2H3,(H,19,22). The molecule has 0 aliphatic heterocycles. The van der Waals surface area contributed by atoms with Gasteiger partial charge in [-0.2, -0.15) is 10.2 Å². The molecular weight excluding hydrogens is 300 g/mol. The van der Waals surface area contributed by atoms with Crippen LogP contribution in [0.2, 0.25) is 5.15 Å². The Morgan fingerprint density at radius 1 is 1.36 bits per heavy atom. The van der Waals surface area contributed by atoms with Crippen LogP contribution in [-0.4, -0.2) is 21.9 Å². The molecule has 1 saturated carbocycles. The molecule has 1 heterocycles. The van der Waals surface area contributed by atoms with Crippen molar-refractivity contribution in [3.8, 4) is 5.69 Å². The molecule has 1 fully saturated rings. The molecule has 114 valence electrons. The highest BCUT2D eigenvalue weighted by Gasteiger charge is 2.29. The Morgan fingerprint density at radius 2 is 2.05 bits per heavy atom. The molecule has 22 heavy (non-hydrogen) atoms. The summed E-state index contributed by atoms with van der Waals surface area (Å²) in [6.07, 6.45) is 3.45. The zero-order chi connectivity index (χ0) is 15.7. The molecule has 0 atom stereocenters. The molecule has 0 bridgehead atoms. The molecule has 0 unspecified atom stereocenters. The van der Waals surface area contributed by atoms with E-state index in [4.69, 9.17) is 11.6 Å². The fourth-order valence-corrected chi connectivity index (χ4v) is 2.43. The van der Waals surface area contributed by atoms with Gasteiger partial charge in [-0.1, -0.05) is 29.3 Å². The fraction of sp³-hybridized carbons (Fsp3) is 0.312. The molecule has 0 radical (unpaired) electrons. The van der Waals surface area contributed by atoms with Gasteiger partial charge in [-0.25, -0.2) is 10.1 Å². The van der Waals surface area contributed by atoms with Gasteiger partial charge in [0.1, 0.15) is 5.15 Å². The molecule has 0 spiro atoms. The Bertz CT molecular complexity index is 729. The van der Waals surface area contributed by atoms with Gasteiger partial charge in [-0.3, -0.25) is 4.79 Å². The minimum absolute atomic E-state index is 0.0315. The van der Waals surface area contributed by atoms with E-state index in [1.807, 2.05) is 38.1 Å². The Hall–Kier alpha value is -2.14. The van der Waals surface area contributed by atoms with Crippen molar-refractivity contribution in [1.29, 1.82) is 0 Å². The summed E-state index contributed by atoms with van der Waals surface area (Å²) in [7, 11) is 0. The minimum Gasteiger partial charge on any atom is -0.273 e. The number of carbonyl (C=O) groups excluding carboxylic acids is 1. The van der Waals surface area contributed by atoms with Crippen molar-refractivity contribution in [2.75, 3.05) is 0 Å². The highest BCUT2D eigenvalue weighted by atomic mass is 35.5. The zero-order valence-corrected chi connectivity index (χ0v) is 13.3. The number of nitrogens with zero attached hydrogens (tertiary/aromatic N) is 3. The van der Waals surface area contributed by atoms with E-state index in [1.165, 1.54) is 5.56 Å². The van der Waals surface area contributed by atoms with Crippen molar-refractivity contribution in [1.82, 2.24) is 15.2 Å². The second-order valence-electron chi connectivity index (χ2n) is 5.55. The van der Waals surface area contributed by atoms with Gasteiger partial charge in [-0.15, -0.1) is 0 Å². The first-order chi connectivity index (χ1) is 10.6. The van der Waals surface area contributed by atoms with Gasteiger partial charge in [0.2, 0.25) is 5.91 Å². The van der Waals surface area contributed by atoms with E-state index < -0.39 is 0 Å². The molecule has 3 rings (SSSR count). The van der Waals surface area contributed by atoms with Gasteiger partial charge in [0.15, 0.2) is 0 Å². The van der Waals surface area contributed by atoms with Gasteiger partial charge in [0, 0.05) is 5.92 Å². The van der Waals surface area contributed by atoms with Crippen molar-refractivity contribution < 1.29 is 4.79 Å². The smallest absolute Gasteiger partial charge is 0.243 e. The molecule has 1 amide bonds. The summed E-state index contributed by atoms with van der Waals surface area (Å²) in [6, 6.07) is 7.94. The van der Waals surface area contributed by atoms with Gasteiger partial charge in [-0.05, 0) is 38.8 Å². The van der Waals surface area contributed by atoms with Crippen LogP contribution in [0.1, 0.15) is 29.7 Å². The predicted octanol–water partition coefficient (Wildman–Crippen LogP) is 3.00. The van der Waals surface area contributed by atoms with E-state index in [1.54, 1.807) is 10.9 Å². The van der Waals surface area contributed by atoms with Crippen molar-refractivity contribution in [3.05, 3.63) is 46.2 Å². The zero-order valence-electron chi connectivity index (χ0n) is 12.5. The summed E-state index contributed by atoms with van der Waals surface area (Å²) in [4.78, 5) is 11.5. The van der Waals surface area contributed by atoms with Crippen molar-refractivity contribution in [2.45, 2.75) is 26.7 Å². The second kappa shape index (κ2) is 5.93. The van der Waals surface area contributed by atoms with Crippen LogP contribution in [0.5, 0.6) is 0 Å². The molecule has 1 aliphatic rings. The maximum Gasteiger partial charge on any atom is 0.243 e. The maximum atomic E-state index is 11.5. The number of nitrogens with one attached hydrogen (secondary N) is 1. The van der Waals surface area contributed by atoms with Crippen molar-refractivity contribution in [2.24, 2.45) is 11.0 Å². The lowest BCUT2D eigenvalue weighted by Gasteiger charge is -2.03. The van der Waals surface area contributed by atoms with E-state index in [-0.39, 0.29) is 11.8 Å². The van der Waals surface area contributed by atoms with Crippen LogP contribution < -0.4 is 5.43 Å². The van der Waals surface area contributed by atoms with E-state index in [9.17, 15) is 4.79 Å². The normalized spacial score (nSPS) is 14.5. The first-order valence-corrected chi connectivity index (χ1v) is 7.59. The summed E-state index contributed by atoms with van der Waals surface area (Å²) >= 11 is 6.39. The average Bonchev–Trinajstić information content (AvgIpc) is 3.30. The van der Waals surface area contributed by atoms with Crippen LogP contribution in [0.25, 0.3) is 5.69 Å². The predicted molar refractivity (Wildman–Crippen MR) is 86.5 cm³/mol. The second-order valence-corrected chi connectivity index (χ2v) is 5.90. The largest absolute Gasteiger partial charge is 0.273 e. The highest BCUT2D eigenvalue weighted by Crippen LogP contribution is 2.28. The number of hydrogen-bond donors (Lipinski definition) is 1. The van der Waals surface area contributed by atoms with Crippen LogP contribution in [0, 0.1) is 19.8 Å². The maximum absolute atomic E-state index is 11.5. The lowest BCUT2D eigenvalue weighted by molar-refractivity contribution is -0.122. The molecule has 2 aromatic rings. The van der Waals surface area contributed by atoms with Gasteiger partial charge in [0.05, 0.1) is 23.2 Å². The van der Waals surface area contributed by atoms with Crippen LogP contribution in [0.15, 0.2) is 29.4 Å². The average molecular weight is 317 g/mol. The lowest BCUT2D eigenvalue weighted by atomic mass is 10.2. The van der Waals surface area contributed by atoms with Gasteiger partial charge >= 0.3 is 0 Å². The summed E-state index contributed by atoms with van der Waals surface area (Å²) in [5.41, 5.74) is 6.07. The number of rotatable bonds is 4. The molecule has 1 aromatic heterocycles. The van der Waals surface area contributed by atoms with E-state index >= 15 is 0 Å². The van der Waals surface area contributed by atoms with Gasteiger partial charge < -0.3 is 0 Å². The first kappa shape index (κ1) is 14.8. The summed E-state index contributed by atoms with van der Waals surface area (Å²) in [5, 5.41) is 8.90. The van der Waals surface area contributed by atoms with Gasteiger partial charge in [0.25, 0.3) is 0 Å². The molecule has 1 aliphatic carbocycles. The van der Waals surface area contributed by atoms with E-state index in [2.05, 4.69) is 15.6 Å². The summed E-state index contributed by atoms with van der Waals surface area (Å²) in [5.74, 6) is 0.0972. The molecule has 5 nitrogen and oxygen atoms in total. The minimum atomic E-state index is -0.0315. The molecular formula is C16H17ClN4O. The third kappa shape index (κ3) is 3.04. The Balaban J connectivity index is 1.81. The third-order valence-corrected chi connectivity index (χ3v) is 4.01.